The SMILES string of the molecule is O=c1oc2cc(OCCCN3CCC3)ccc2c2ccc(OCCCN3CCC3)cc12. The van der Waals surface area contributed by atoms with E-state index in [0.29, 0.717) is 29.9 Å². The number of rotatable bonds is 10. The zero-order valence-corrected chi connectivity index (χ0v) is 18.0. The molecular formula is C25H30N2O4. The van der Waals surface area contributed by atoms with Gasteiger partial charge in [-0.15, -0.1) is 0 Å². The lowest BCUT2D eigenvalue weighted by Crippen LogP contribution is -2.38. The van der Waals surface area contributed by atoms with Gasteiger partial charge in [-0.1, -0.05) is 0 Å². The highest BCUT2D eigenvalue weighted by Crippen LogP contribution is 2.28. The second-order valence-corrected chi connectivity index (χ2v) is 8.55. The number of ether oxygens (including phenoxy) is 2. The Balaban J connectivity index is 1.25. The highest BCUT2D eigenvalue weighted by molar-refractivity contribution is 6.04. The molecule has 0 radical (unpaired) electrons. The van der Waals surface area contributed by atoms with Gasteiger partial charge in [0.15, 0.2) is 0 Å². The monoisotopic (exact) mass is 422 g/mol. The quantitative estimate of drug-likeness (QED) is 0.281. The molecule has 2 aromatic carbocycles. The van der Waals surface area contributed by atoms with Crippen LogP contribution in [0, 0.1) is 0 Å². The minimum absolute atomic E-state index is 0.344. The van der Waals surface area contributed by atoms with E-state index in [0.717, 1.165) is 42.5 Å². The van der Waals surface area contributed by atoms with Crippen LogP contribution in [0.2, 0.25) is 0 Å². The lowest BCUT2D eigenvalue weighted by molar-refractivity contribution is 0.165. The van der Waals surface area contributed by atoms with Gasteiger partial charge < -0.3 is 23.7 Å². The molecule has 6 nitrogen and oxygen atoms in total. The lowest BCUT2D eigenvalue weighted by Gasteiger charge is -2.30. The molecule has 0 saturated carbocycles. The van der Waals surface area contributed by atoms with E-state index in [-0.39, 0.29) is 5.63 Å². The fourth-order valence-electron chi connectivity index (χ4n) is 4.24. The van der Waals surface area contributed by atoms with Crippen LogP contribution in [0.1, 0.15) is 25.7 Å². The van der Waals surface area contributed by atoms with Gasteiger partial charge in [0.25, 0.3) is 0 Å². The van der Waals surface area contributed by atoms with Crippen LogP contribution in [0.3, 0.4) is 0 Å². The number of fused-ring (bicyclic) bond motifs is 3. The first-order chi connectivity index (χ1) is 15.3. The standard InChI is InChI=1S/C25H30N2O4/c28-25-23-17-19(29-15-3-13-26-9-1-10-26)5-7-21(23)22-8-6-20(18-24(22)31-25)30-16-4-14-27-11-2-12-27/h5-8,17-18H,1-4,9-16H2. The molecule has 3 heterocycles. The summed E-state index contributed by atoms with van der Waals surface area (Å²) in [6, 6.07) is 11.4. The smallest absolute Gasteiger partial charge is 0.344 e. The summed E-state index contributed by atoms with van der Waals surface area (Å²) in [5.74, 6) is 1.45. The molecule has 0 atom stereocenters. The molecule has 0 spiro atoms. The van der Waals surface area contributed by atoms with E-state index in [1.807, 2.05) is 30.3 Å². The van der Waals surface area contributed by atoms with E-state index in [1.165, 1.54) is 39.0 Å². The van der Waals surface area contributed by atoms with Crippen molar-refractivity contribution >= 4 is 21.7 Å². The van der Waals surface area contributed by atoms with E-state index in [2.05, 4.69) is 9.80 Å². The predicted octanol–water partition coefficient (Wildman–Crippen LogP) is 3.90. The fraction of sp³-hybridized carbons (Fsp3) is 0.480. The first kappa shape index (κ1) is 20.3. The Bertz CT molecular complexity index is 1100. The van der Waals surface area contributed by atoms with Crippen molar-refractivity contribution in [2.75, 3.05) is 52.5 Å². The van der Waals surface area contributed by atoms with E-state index >= 15 is 0 Å². The highest BCUT2D eigenvalue weighted by Gasteiger charge is 2.14. The molecule has 2 aliphatic heterocycles. The molecule has 0 aliphatic carbocycles. The zero-order chi connectivity index (χ0) is 21.0. The molecular weight excluding hydrogens is 392 g/mol. The molecule has 1 aromatic heterocycles. The van der Waals surface area contributed by atoms with Gasteiger partial charge in [-0.3, -0.25) is 0 Å². The Labute approximate surface area is 182 Å². The average molecular weight is 423 g/mol. The van der Waals surface area contributed by atoms with Gasteiger partial charge in [-0.05, 0) is 82.2 Å². The topological polar surface area (TPSA) is 55.1 Å². The summed E-state index contributed by atoms with van der Waals surface area (Å²) in [5.41, 5.74) is 0.212. The molecule has 5 rings (SSSR count). The largest absolute Gasteiger partial charge is 0.494 e. The average Bonchev–Trinajstić information content (AvgIpc) is 2.71. The molecule has 0 unspecified atom stereocenters. The summed E-state index contributed by atoms with van der Waals surface area (Å²) in [6.07, 6.45) is 4.61. The normalized spacial score (nSPS) is 16.9. The second-order valence-electron chi connectivity index (χ2n) is 8.55. The molecule has 2 aliphatic rings. The van der Waals surface area contributed by atoms with Gasteiger partial charge in [-0.2, -0.15) is 0 Å². The third-order valence-electron chi connectivity index (χ3n) is 6.33. The van der Waals surface area contributed by atoms with Gasteiger partial charge in [0.05, 0.1) is 18.6 Å². The third kappa shape index (κ3) is 4.70. The van der Waals surface area contributed by atoms with Gasteiger partial charge >= 0.3 is 5.63 Å². The van der Waals surface area contributed by atoms with Crippen LogP contribution in [0.25, 0.3) is 21.7 Å². The number of likely N-dealkylation sites (tertiary alicyclic amines) is 2. The van der Waals surface area contributed by atoms with Crippen LogP contribution in [0.4, 0.5) is 0 Å². The zero-order valence-electron chi connectivity index (χ0n) is 18.0. The molecule has 0 N–H and O–H groups in total. The minimum Gasteiger partial charge on any atom is -0.494 e. The van der Waals surface area contributed by atoms with Crippen molar-refractivity contribution in [1.29, 1.82) is 0 Å². The molecule has 0 bridgehead atoms. The van der Waals surface area contributed by atoms with Gasteiger partial charge in [0.2, 0.25) is 0 Å². The first-order valence-electron chi connectivity index (χ1n) is 11.5. The Morgan fingerprint density at radius 2 is 1.32 bits per heavy atom. The summed E-state index contributed by atoms with van der Waals surface area (Å²) < 4.78 is 17.4. The summed E-state index contributed by atoms with van der Waals surface area (Å²) in [4.78, 5) is 17.5. The van der Waals surface area contributed by atoms with Crippen LogP contribution >= 0.6 is 0 Å². The van der Waals surface area contributed by atoms with Crippen molar-refractivity contribution in [3.05, 3.63) is 46.8 Å². The van der Waals surface area contributed by atoms with Crippen molar-refractivity contribution in [2.45, 2.75) is 25.7 Å². The lowest BCUT2D eigenvalue weighted by atomic mass is 10.1. The van der Waals surface area contributed by atoms with E-state index in [9.17, 15) is 4.79 Å². The molecule has 2 saturated heterocycles. The number of nitrogens with zero attached hydrogens (tertiary/aromatic N) is 2. The summed E-state index contributed by atoms with van der Waals surface area (Å²) in [6.45, 7) is 8.29. The van der Waals surface area contributed by atoms with Crippen molar-refractivity contribution in [3.63, 3.8) is 0 Å². The Hall–Kier alpha value is -2.57. The van der Waals surface area contributed by atoms with Crippen LogP contribution in [0.5, 0.6) is 11.5 Å². The van der Waals surface area contributed by atoms with Crippen molar-refractivity contribution < 1.29 is 13.9 Å². The van der Waals surface area contributed by atoms with Crippen LogP contribution in [-0.4, -0.2) is 62.3 Å². The molecule has 164 valence electrons. The molecule has 6 heteroatoms. The van der Waals surface area contributed by atoms with Gasteiger partial charge in [-0.25, -0.2) is 4.79 Å². The maximum atomic E-state index is 12.6. The van der Waals surface area contributed by atoms with Crippen LogP contribution in [-0.2, 0) is 0 Å². The van der Waals surface area contributed by atoms with Crippen LogP contribution in [0.15, 0.2) is 45.6 Å². The van der Waals surface area contributed by atoms with Gasteiger partial charge in [0, 0.05) is 29.9 Å². The molecule has 0 amide bonds. The fourth-order valence-corrected chi connectivity index (χ4v) is 4.24. The summed E-state index contributed by atoms with van der Waals surface area (Å²) in [5, 5.41) is 2.34. The summed E-state index contributed by atoms with van der Waals surface area (Å²) in [7, 11) is 0. The Morgan fingerprint density at radius 1 is 0.742 bits per heavy atom. The second kappa shape index (κ2) is 9.28. The number of benzene rings is 2. The predicted molar refractivity (Wildman–Crippen MR) is 122 cm³/mol. The van der Waals surface area contributed by atoms with Crippen molar-refractivity contribution in [3.8, 4) is 11.5 Å². The third-order valence-corrected chi connectivity index (χ3v) is 6.33. The van der Waals surface area contributed by atoms with E-state index < -0.39 is 0 Å². The number of hydrogen-bond donors (Lipinski definition) is 0. The maximum absolute atomic E-state index is 12.6. The van der Waals surface area contributed by atoms with Crippen molar-refractivity contribution in [2.24, 2.45) is 0 Å². The van der Waals surface area contributed by atoms with Crippen molar-refractivity contribution in [1.82, 2.24) is 9.80 Å². The Kier molecular flexibility index (Phi) is 6.09. The summed E-state index contributed by atoms with van der Waals surface area (Å²) >= 11 is 0. The van der Waals surface area contributed by atoms with Crippen LogP contribution < -0.4 is 15.1 Å². The van der Waals surface area contributed by atoms with Gasteiger partial charge in [0.1, 0.15) is 17.1 Å². The minimum atomic E-state index is -0.344. The number of hydrogen-bond acceptors (Lipinski definition) is 6. The van der Waals surface area contributed by atoms with E-state index in [1.54, 1.807) is 6.07 Å². The molecule has 3 aromatic rings. The first-order valence-corrected chi connectivity index (χ1v) is 11.5. The Morgan fingerprint density at radius 3 is 1.90 bits per heavy atom. The molecule has 2 fully saturated rings. The highest BCUT2D eigenvalue weighted by atomic mass is 16.5. The van der Waals surface area contributed by atoms with E-state index in [4.69, 9.17) is 13.9 Å². The molecule has 31 heavy (non-hydrogen) atoms. The maximum Gasteiger partial charge on any atom is 0.344 e.